The number of benzene rings is 2. The Hall–Kier alpha value is -2.07. The van der Waals surface area contributed by atoms with E-state index in [9.17, 15) is 9.18 Å². The van der Waals surface area contributed by atoms with Crippen LogP contribution in [0.2, 0.25) is 5.02 Å². The van der Waals surface area contributed by atoms with Gasteiger partial charge in [-0.2, -0.15) is 0 Å². The van der Waals surface area contributed by atoms with Gasteiger partial charge in [-0.25, -0.2) is 4.39 Å². The van der Waals surface area contributed by atoms with Crippen molar-refractivity contribution in [3.05, 3.63) is 64.4 Å². The minimum Gasteiger partial charge on any atom is -0.398 e. The van der Waals surface area contributed by atoms with Gasteiger partial charge >= 0.3 is 0 Å². The third kappa shape index (κ3) is 3.27. The van der Waals surface area contributed by atoms with E-state index in [-0.39, 0.29) is 17.8 Å². The molecular formula is C15H14ClFN2O. The molecule has 2 aromatic carbocycles. The second-order valence-electron chi connectivity index (χ2n) is 4.48. The van der Waals surface area contributed by atoms with Crippen LogP contribution in [0.5, 0.6) is 0 Å². The molecule has 2 aromatic rings. The van der Waals surface area contributed by atoms with Gasteiger partial charge in [0.25, 0.3) is 5.91 Å². The lowest BCUT2D eigenvalue weighted by molar-refractivity contribution is 0.0941. The highest BCUT2D eigenvalue weighted by Crippen LogP contribution is 2.19. The molecule has 0 saturated carbocycles. The van der Waals surface area contributed by atoms with Crippen molar-refractivity contribution in [1.82, 2.24) is 5.32 Å². The van der Waals surface area contributed by atoms with Crippen molar-refractivity contribution < 1.29 is 9.18 Å². The molecule has 1 atom stereocenters. The predicted octanol–water partition coefficient (Wildman–Crippen LogP) is 3.55. The first kappa shape index (κ1) is 14.3. The summed E-state index contributed by atoms with van der Waals surface area (Å²) in [6.45, 7) is 1.82. The third-order valence-electron chi connectivity index (χ3n) is 2.98. The fraction of sp³-hybridized carbons (Fsp3) is 0.133. The Morgan fingerprint density at radius 1 is 1.25 bits per heavy atom. The summed E-state index contributed by atoms with van der Waals surface area (Å²) in [7, 11) is 0. The van der Waals surface area contributed by atoms with Crippen LogP contribution in [0, 0.1) is 5.82 Å². The fourth-order valence-corrected chi connectivity index (χ4v) is 2.03. The van der Waals surface area contributed by atoms with E-state index in [4.69, 9.17) is 17.3 Å². The van der Waals surface area contributed by atoms with Crippen molar-refractivity contribution >= 4 is 23.2 Å². The van der Waals surface area contributed by atoms with Gasteiger partial charge in [0.05, 0.1) is 11.6 Å². The molecule has 0 spiro atoms. The SMILES string of the molecule is C[C@H](NC(=O)c1ccc(Cl)cc1N)c1ccc(F)cc1. The van der Waals surface area contributed by atoms with Gasteiger partial charge < -0.3 is 11.1 Å². The van der Waals surface area contributed by atoms with Gasteiger partial charge in [0.15, 0.2) is 0 Å². The molecule has 0 saturated heterocycles. The van der Waals surface area contributed by atoms with E-state index in [0.717, 1.165) is 5.56 Å². The largest absolute Gasteiger partial charge is 0.398 e. The summed E-state index contributed by atoms with van der Waals surface area (Å²) in [6.07, 6.45) is 0. The van der Waals surface area contributed by atoms with Gasteiger partial charge in [-0.15, -0.1) is 0 Å². The molecule has 0 aliphatic rings. The number of nitrogens with one attached hydrogen (secondary N) is 1. The maximum Gasteiger partial charge on any atom is 0.253 e. The van der Waals surface area contributed by atoms with Crippen LogP contribution in [0.1, 0.15) is 28.9 Å². The van der Waals surface area contributed by atoms with Crippen LogP contribution in [0.25, 0.3) is 0 Å². The zero-order valence-electron chi connectivity index (χ0n) is 10.9. The van der Waals surface area contributed by atoms with Crippen molar-refractivity contribution in [3.63, 3.8) is 0 Å². The first-order valence-electron chi connectivity index (χ1n) is 6.08. The van der Waals surface area contributed by atoms with Crippen LogP contribution >= 0.6 is 11.6 Å². The number of nitrogens with two attached hydrogens (primary N) is 1. The number of nitrogen functional groups attached to an aromatic ring is 1. The molecule has 0 radical (unpaired) electrons. The minimum atomic E-state index is -0.311. The molecule has 0 bridgehead atoms. The lowest BCUT2D eigenvalue weighted by atomic mass is 10.1. The quantitative estimate of drug-likeness (QED) is 0.850. The zero-order valence-corrected chi connectivity index (χ0v) is 11.6. The molecule has 3 N–H and O–H groups in total. The highest BCUT2D eigenvalue weighted by atomic mass is 35.5. The number of hydrogen-bond acceptors (Lipinski definition) is 2. The number of anilines is 1. The molecule has 0 fully saturated rings. The highest BCUT2D eigenvalue weighted by Gasteiger charge is 2.14. The van der Waals surface area contributed by atoms with Crippen LogP contribution in [0.4, 0.5) is 10.1 Å². The van der Waals surface area contributed by atoms with Gasteiger partial charge in [-0.1, -0.05) is 23.7 Å². The van der Waals surface area contributed by atoms with Crippen molar-refractivity contribution in [2.75, 3.05) is 5.73 Å². The lowest BCUT2D eigenvalue weighted by Gasteiger charge is -2.15. The molecule has 20 heavy (non-hydrogen) atoms. The summed E-state index contributed by atoms with van der Waals surface area (Å²) >= 11 is 5.79. The van der Waals surface area contributed by atoms with Crippen molar-refractivity contribution in [1.29, 1.82) is 0 Å². The Balaban J connectivity index is 2.13. The highest BCUT2D eigenvalue weighted by molar-refractivity contribution is 6.31. The van der Waals surface area contributed by atoms with Crippen molar-refractivity contribution in [2.24, 2.45) is 0 Å². The summed E-state index contributed by atoms with van der Waals surface area (Å²) in [6, 6.07) is 10.4. The van der Waals surface area contributed by atoms with Gasteiger partial charge in [0.1, 0.15) is 5.82 Å². The van der Waals surface area contributed by atoms with E-state index in [2.05, 4.69) is 5.32 Å². The Morgan fingerprint density at radius 3 is 2.50 bits per heavy atom. The summed E-state index contributed by atoms with van der Waals surface area (Å²) in [5.74, 6) is -0.606. The summed E-state index contributed by atoms with van der Waals surface area (Å²) in [5.41, 5.74) is 7.26. The van der Waals surface area contributed by atoms with Crippen molar-refractivity contribution in [3.8, 4) is 0 Å². The average molecular weight is 293 g/mol. The fourth-order valence-electron chi connectivity index (χ4n) is 1.85. The number of rotatable bonds is 3. The van der Waals surface area contributed by atoms with E-state index in [0.29, 0.717) is 16.3 Å². The molecule has 3 nitrogen and oxygen atoms in total. The Labute approximate surface area is 121 Å². The normalized spacial score (nSPS) is 11.9. The van der Waals surface area contributed by atoms with E-state index in [1.54, 1.807) is 24.3 Å². The molecule has 104 valence electrons. The van der Waals surface area contributed by atoms with Crippen molar-refractivity contribution in [2.45, 2.75) is 13.0 Å². The van der Waals surface area contributed by atoms with Crippen LogP contribution in [0.15, 0.2) is 42.5 Å². The van der Waals surface area contributed by atoms with Gasteiger partial charge in [-0.3, -0.25) is 4.79 Å². The smallest absolute Gasteiger partial charge is 0.253 e. The molecule has 0 heterocycles. The first-order chi connectivity index (χ1) is 9.47. The predicted molar refractivity (Wildman–Crippen MR) is 78.1 cm³/mol. The Bertz CT molecular complexity index is 628. The average Bonchev–Trinajstić information content (AvgIpc) is 2.39. The Morgan fingerprint density at radius 2 is 1.90 bits per heavy atom. The van der Waals surface area contributed by atoms with Gasteiger partial charge in [-0.05, 0) is 42.8 Å². The van der Waals surface area contributed by atoms with E-state index in [1.165, 1.54) is 18.2 Å². The molecular weight excluding hydrogens is 279 g/mol. The minimum absolute atomic E-state index is 0.252. The van der Waals surface area contributed by atoms with Crippen LogP contribution in [0.3, 0.4) is 0 Å². The summed E-state index contributed by atoms with van der Waals surface area (Å²) < 4.78 is 12.9. The maximum absolute atomic E-state index is 12.9. The topological polar surface area (TPSA) is 55.1 Å². The molecule has 0 aliphatic carbocycles. The van der Waals surface area contributed by atoms with E-state index in [1.807, 2.05) is 6.92 Å². The third-order valence-corrected chi connectivity index (χ3v) is 3.21. The molecule has 1 amide bonds. The van der Waals surface area contributed by atoms with E-state index >= 15 is 0 Å². The number of carbonyl (C=O) groups is 1. The van der Waals surface area contributed by atoms with Gasteiger partial charge in [0.2, 0.25) is 0 Å². The van der Waals surface area contributed by atoms with Crippen LogP contribution in [-0.4, -0.2) is 5.91 Å². The number of carbonyl (C=O) groups excluding carboxylic acids is 1. The lowest BCUT2D eigenvalue weighted by Crippen LogP contribution is -2.27. The monoisotopic (exact) mass is 292 g/mol. The van der Waals surface area contributed by atoms with Crippen LogP contribution in [-0.2, 0) is 0 Å². The maximum atomic E-state index is 12.9. The van der Waals surface area contributed by atoms with Crippen LogP contribution < -0.4 is 11.1 Å². The zero-order chi connectivity index (χ0) is 14.7. The summed E-state index contributed by atoms with van der Waals surface area (Å²) in [4.78, 5) is 12.1. The molecule has 0 unspecified atom stereocenters. The molecule has 0 aromatic heterocycles. The molecule has 2 rings (SSSR count). The van der Waals surface area contributed by atoms with E-state index < -0.39 is 0 Å². The Kier molecular flexibility index (Phi) is 4.25. The first-order valence-corrected chi connectivity index (χ1v) is 6.46. The molecule has 0 aliphatic heterocycles. The van der Waals surface area contributed by atoms with Gasteiger partial charge in [0, 0.05) is 10.7 Å². The summed E-state index contributed by atoms with van der Waals surface area (Å²) in [5, 5.41) is 3.29. The number of amides is 1. The standard InChI is InChI=1S/C15H14ClFN2O/c1-9(10-2-5-12(17)6-3-10)19-15(20)13-7-4-11(16)8-14(13)18/h2-9H,18H2,1H3,(H,19,20)/t9-/m0/s1. The second-order valence-corrected chi connectivity index (χ2v) is 4.91. The second kappa shape index (κ2) is 5.92. The number of hydrogen-bond donors (Lipinski definition) is 2. The number of halogens is 2. The molecule has 5 heteroatoms.